The van der Waals surface area contributed by atoms with Gasteiger partial charge in [0, 0.05) is 37.2 Å². The van der Waals surface area contributed by atoms with E-state index in [0.29, 0.717) is 30.2 Å². The molecule has 2 aromatic carbocycles. The van der Waals surface area contributed by atoms with Crippen LogP contribution in [-0.4, -0.2) is 45.1 Å². The number of rotatable bonds is 7. The van der Waals surface area contributed by atoms with Crippen molar-refractivity contribution in [3.05, 3.63) is 53.8 Å². The third-order valence-electron chi connectivity index (χ3n) is 4.58. The van der Waals surface area contributed by atoms with Gasteiger partial charge in [-0.2, -0.15) is 0 Å². The molecule has 0 atom stereocenters. The summed E-state index contributed by atoms with van der Waals surface area (Å²) < 4.78 is 23.7. The summed E-state index contributed by atoms with van der Waals surface area (Å²) in [5.41, 5.74) is 1.92. The Labute approximate surface area is 163 Å². The van der Waals surface area contributed by atoms with E-state index in [1.165, 1.54) is 31.4 Å². The maximum Gasteiger partial charge on any atom is 0.224 e. The van der Waals surface area contributed by atoms with Gasteiger partial charge in [0.05, 0.1) is 26.0 Å². The number of hydrogen-bond acceptors (Lipinski definition) is 5. The minimum Gasteiger partial charge on any atom is -0.495 e. The number of methoxy groups -OCH3 is 1. The third-order valence-corrected chi connectivity index (χ3v) is 4.58. The molecule has 2 aromatic rings. The number of ether oxygens (including phenoxy) is 2. The lowest BCUT2D eigenvalue weighted by atomic mass is 10.1. The zero-order valence-electron chi connectivity index (χ0n) is 15.7. The summed E-state index contributed by atoms with van der Waals surface area (Å²) in [6.45, 7) is 2.90. The van der Waals surface area contributed by atoms with Gasteiger partial charge in [0.1, 0.15) is 11.6 Å². The van der Waals surface area contributed by atoms with Crippen molar-refractivity contribution in [2.45, 2.75) is 12.8 Å². The van der Waals surface area contributed by atoms with Gasteiger partial charge in [0.25, 0.3) is 0 Å². The Balaban J connectivity index is 1.62. The first-order chi connectivity index (χ1) is 13.6. The van der Waals surface area contributed by atoms with Gasteiger partial charge in [0.2, 0.25) is 5.91 Å². The Bertz CT molecular complexity index is 833. The summed E-state index contributed by atoms with van der Waals surface area (Å²) in [5, 5.41) is 2.82. The predicted octanol–water partition coefficient (Wildman–Crippen LogP) is 3.27. The van der Waals surface area contributed by atoms with Crippen LogP contribution in [0.5, 0.6) is 5.75 Å². The topological polar surface area (TPSA) is 67.9 Å². The van der Waals surface area contributed by atoms with Crippen LogP contribution in [0.25, 0.3) is 0 Å². The molecule has 1 heterocycles. The van der Waals surface area contributed by atoms with E-state index in [9.17, 15) is 14.0 Å². The highest BCUT2D eigenvalue weighted by Gasteiger charge is 2.16. The molecule has 0 spiro atoms. The molecule has 0 aromatic heterocycles. The normalized spacial score (nSPS) is 13.9. The summed E-state index contributed by atoms with van der Waals surface area (Å²) >= 11 is 0. The van der Waals surface area contributed by atoms with E-state index in [2.05, 4.69) is 10.2 Å². The van der Waals surface area contributed by atoms with E-state index in [0.717, 1.165) is 18.8 Å². The third kappa shape index (κ3) is 5.07. The maximum atomic E-state index is 12.9. The van der Waals surface area contributed by atoms with Crippen molar-refractivity contribution >= 4 is 23.1 Å². The Morgan fingerprint density at radius 3 is 2.50 bits per heavy atom. The standard InChI is InChI=1S/C21H23FN2O4/c1-27-20-8-6-17(24-10-12-28-13-11-24)14-18(20)23-21(26)9-7-19(25)15-2-4-16(22)5-3-15/h2-6,8,14H,7,9-13H2,1H3,(H,23,26). The summed E-state index contributed by atoms with van der Waals surface area (Å²) in [4.78, 5) is 26.7. The molecular weight excluding hydrogens is 363 g/mol. The maximum absolute atomic E-state index is 12.9. The predicted molar refractivity (Wildman–Crippen MR) is 105 cm³/mol. The van der Waals surface area contributed by atoms with Crippen LogP contribution in [0.4, 0.5) is 15.8 Å². The molecule has 7 heteroatoms. The molecule has 0 radical (unpaired) electrons. The second kappa shape index (κ2) is 9.32. The lowest BCUT2D eigenvalue weighted by molar-refractivity contribution is -0.116. The second-order valence-corrected chi connectivity index (χ2v) is 6.46. The van der Waals surface area contributed by atoms with Crippen molar-refractivity contribution in [1.29, 1.82) is 0 Å². The van der Waals surface area contributed by atoms with Gasteiger partial charge in [-0.25, -0.2) is 4.39 Å². The lowest BCUT2D eigenvalue weighted by Gasteiger charge is -2.29. The molecule has 1 aliphatic rings. The van der Waals surface area contributed by atoms with Gasteiger partial charge in [-0.15, -0.1) is 0 Å². The smallest absolute Gasteiger partial charge is 0.224 e. The lowest BCUT2D eigenvalue weighted by Crippen LogP contribution is -2.36. The highest BCUT2D eigenvalue weighted by Crippen LogP contribution is 2.30. The molecule has 1 saturated heterocycles. The van der Waals surface area contributed by atoms with Crippen molar-refractivity contribution in [3.63, 3.8) is 0 Å². The molecule has 0 aliphatic carbocycles. The fraction of sp³-hybridized carbons (Fsp3) is 0.333. The van der Waals surface area contributed by atoms with E-state index in [1.807, 2.05) is 18.2 Å². The van der Waals surface area contributed by atoms with Crippen LogP contribution >= 0.6 is 0 Å². The molecule has 0 saturated carbocycles. The molecule has 1 N–H and O–H groups in total. The number of Topliss-reactive ketones (excluding diaryl/α,β-unsaturated/α-hetero) is 1. The van der Waals surface area contributed by atoms with Crippen molar-refractivity contribution in [2.24, 2.45) is 0 Å². The van der Waals surface area contributed by atoms with Crippen LogP contribution in [0.1, 0.15) is 23.2 Å². The Morgan fingerprint density at radius 2 is 1.82 bits per heavy atom. The molecule has 148 valence electrons. The molecule has 0 unspecified atom stereocenters. The number of nitrogens with zero attached hydrogens (tertiary/aromatic N) is 1. The number of morpholine rings is 1. The summed E-state index contributed by atoms with van der Waals surface area (Å²) in [7, 11) is 1.54. The van der Waals surface area contributed by atoms with Gasteiger partial charge in [-0.1, -0.05) is 0 Å². The zero-order chi connectivity index (χ0) is 19.9. The number of amides is 1. The largest absolute Gasteiger partial charge is 0.495 e. The van der Waals surface area contributed by atoms with Crippen LogP contribution in [-0.2, 0) is 9.53 Å². The number of nitrogens with one attached hydrogen (secondary N) is 1. The molecule has 1 amide bonds. The molecule has 1 fully saturated rings. The number of halogens is 1. The van der Waals surface area contributed by atoms with Gasteiger partial charge >= 0.3 is 0 Å². The van der Waals surface area contributed by atoms with Crippen LogP contribution in [0.3, 0.4) is 0 Å². The highest BCUT2D eigenvalue weighted by atomic mass is 19.1. The van der Waals surface area contributed by atoms with Gasteiger partial charge in [-0.3, -0.25) is 9.59 Å². The Hall–Kier alpha value is -2.93. The van der Waals surface area contributed by atoms with Crippen molar-refractivity contribution in [2.75, 3.05) is 43.6 Å². The molecular formula is C21H23FN2O4. The quantitative estimate of drug-likeness (QED) is 0.740. The summed E-state index contributed by atoms with van der Waals surface area (Å²) in [5.74, 6) is -0.339. The number of carbonyl (C=O) groups is 2. The summed E-state index contributed by atoms with van der Waals surface area (Å²) in [6.07, 6.45) is 0.0735. The number of ketones is 1. The number of hydrogen-bond donors (Lipinski definition) is 1. The van der Waals surface area contributed by atoms with E-state index >= 15 is 0 Å². The van der Waals surface area contributed by atoms with Crippen molar-refractivity contribution < 1.29 is 23.5 Å². The minimum absolute atomic E-state index is 0.0289. The van der Waals surface area contributed by atoms with Crippen LogP contribution in [0.15, 0.2) is 42.5 Å². The Kier molecular flexibility index (Phi) is 6.60. The first kappa shape index (κ1) is 19.8. The van der Waals surface area contributed by atoms with E-state index in [-0.39, 0.29) is 24.5 Å². The zero-order valence-corrected chi connectivity index (χ0v) is 15.7. The first-order valence-electron chi connectivity index (χ1n) is 9.16. The van der Waals surface area contributed by atoms with Crippen molar-refractivity contribution in [3.8, 4) is 5.75 Å². The average Bonchev–Trinajstić information content (AvgIpc) is 2.73. The SMILES string of the molecule is COc1ccc(N2CCOCC2)cc1NC(=O)CCC(=O)c1ccc(F)cc1. The van der Waals surface area contributed by atoms with Crippen LogP contribution < -0.4 is 15.0 Å². The van der Waals surface area contributed by atoms with Gasteiger partial charge < -0.3 is 19.7 Å². The Morgan fingerprint density at radius 1 is 1.11 bits per heavy atom. The van der Waals surface area contributed by atoms with E-state index in [4.69, 9.17) is 9.47 Å². The monoisotopic (exact) mass is 386 g/mol. The molecule has 1 aliphatic heterocycles. The first-order valence-corrected chi connectivity index (χ1v) is 9.16. The van der Waals surface area contributed by atoms with Crippen LogP contribution in [0, 0.1) is 5.82 Å². The van der Waals surface area contributed by atoms with Crippen molar-refractivity contribution in [1.82, 2.24) is 0 Å². The highest BCUT2D eigenvalue weighted by molar-refractivity contribution is 6.00. The molecule has 28 heavy (non-hydrogen) atoms. The van der Waals surface area contributed by atoms with E-state index in [1.54, 1.807) is 0 Å². The van der Waals surface area contributed by atoms with Gasteiger partial charge in [0.15, 0.2) is 5.78 Å². The summed E-state index contributed by atoms with van der Waals surface area (Å²) in [6, 6.07) is 10.9. The minimum atomic E-state index is -0.401. The van der Waals surface area contributed by atoms with E-state index < -0.39 is 5.82 Å². The van der Waals surface area contributed by atoms with Crippen LogP contribution in [0.2, 0.25) is 0 Å². The molecule has 6 nitrogen and oxygen atoms in total. The number of benzene rings is 2. The fourth-order valence-electron chi connectivity index (χ4n) is 3.03. The van der Waals surface area contributed by atoms with Gasteiger partial charge in [-0.05, 0) is 42.5 Å². The molecule has 0 bridgehead atoms. The second-order valence-electron chi connectivity index (χ2n) is 6.46. The molecule has 3 rings (SSSR count). The average molecular weight is 386 g/mol. The number of carbonyl (C=O) groups excluding carboxylic acids is 2. The fourth-order valence-corrected chi connectivity index (χ4v) is 3.03. The number of anilines is 2.